The maximum absolute atomic E-state index is 5.96. The largest absolute Gasteiger partial charge is 0.469 e. The number of hydrogen-bond donors (Lipinski definition) is 0. The summed E-state index contributed by atoms with van der Waals surface area (Å²) in [4.78, 5) is 4.53. The molecule has 92 valence electrons. The second kappa shape index (κ2) is 4.86. The van der Waals surface area contributed by atoms with Crippen LogP contribution in [0.15, 0.2) is 47.1 Å². The van der Waals surface area contributed by atoms with Crippen molar-refractivity contribution in [3.05, 3.63) is 54.2 Å². The molecule has 0 N–H and O–H groups in total. The molecule has 3 aromatic rings. The third-order valence-corrected chi connectivity index (χ3v) is 3.25. The number of hydrogen-bond acceptors (Lipinski definition) is 2. The van der Waals surface area contributed by atoms with Crippen LogP contribution in [0.25, 0.3) is 11.0 Å². The lowest BCUT2D eigenvalue weighted by Gasteiger charge is -2.06. The Bertz CT molecular complexity index is 643. The van der Waals surface area contributed by atoms with Crippen molar-refractivity contribution >= 4 is 22.6 Å². The van der Waals surface area contributed by atoms with E-state index < -0.39 is 0 Å². The molecule has 0 aliphatic carbocycles. The van der Waals surface area contributed by atoms with Crippen molar-refractivity contribution < 1.29 is 4.42 Å². The first-order valence-electron chi connectivity index (χ1n) is 5.91. The van der Waals surface area contributed by atoms with Crippen molar-refractivity contribution in [2.45, 2.75) is 18.8 Å². The standard InChI is InChI=1S/C14H13ClN2O/c15-10-14-16-12-5-1-2-6-13(12)17(14)8-7-11-4-3-9-18-11/h1-6,9H,7-8,10H2. The Labute approximate surface area is 110 Å². The molecule has 4 heteroatoms. The average molecular weight is 261 g/mol. The van der Waals surface area contributed by atoms with Gasteiger partial charge in [0.2, 0.25) is 0 Å². The number of benzene rings is 1. The number of aromatic nitrogens is 2. The zero-order chi connectivity index (χ0) is 12.4. The van der Waals surface area contributed by atoms with Gasteiger partial charge in [-0.2, -0.15) is 0 Å². The molecule has 0 unspecified atom stereocenters. The van der Waals surface area contributed by atoms with E-state index in [4.69, 9.17) is 16.0 Å². The fourth-order valence-electron chi connectivity index (χ4n) is 2.15. The highest BCUT2D eigenvalue weighted by atomic mass is 35.5. The van der Waals surface area contributed by atoms with Crippen LogP contribution in [0.3, 0.4) is 0 Å². The molecule has 0 radical (unpaired) electrons. The van der Waals surface area contributed by atoms with Crippen LogP contribution >= 0.6 is 11.6 Å². The van der Waals surface area contributed by atoms with Gasteiger partial charge in [-0.05, 0) is 24.3 Å². The topological polar surface area (TPSA) is 31.0 Å². The highest BCUT2D eigenvalue weighted by molar-refractivity contribution is 6.16. The zero-order valence-corrected chi connectivity index (χ0v) is 10.6. The van der Waals surface area contributed by atoms with Gasteiger partial charge in [-0.3, -0.25) is 0 Å². The molecule has 0 bridgehead atoms. The number of fused-ring (bicyclic) bond motifs is 1. The summed E-state index contributed by atoms with van der Waals surface area (Å²) in [7, 11) is 0. The number of para-hydroxylation sites is 2. The molecule has 0 fully saturated rings. The third-order valence-electron chi connectivity index (χ3n) is 3.02. The van der Waals surface area contributed by atoms with E-state index in [1.54, 1.807) is 6.26 Å². The highest BCUT2D eigenvalue weighted by Crippen LogP contribution is 2.18. The van der Waals surface area contributed by atoms with Crippen LogP contribution in [0.1, 0.15) is 11.6 Å². The Kier molecular flexibility index (Phi) is 3.07. The van der Waals surface area contributed by atoms with Crippen LogP contribution in [-0.4, -0.2) is 9.55 Å². The molecule has 0 aliphatic rings. The van der Waals surface area contributed by atoms with Crippen molar-refractivity contribution in [3.8, 4) is 0 Å². The summed E-state index contributed by atoms with van der Waals surface area (Å²) < 4.78 is 7.51. The van der Waals surface area contributed by atoms with Gasteiger partial charge in [0.1, 0.15) is 11.6 Å². The van der Waals surface area contributed by atoms with Crippen LogP contribution in [-0.2, 0) is 18.8 Å². The maximum Gasteiger partial charge on any atom is 0.124 e. The van der Waals surface area contributed by atoms with Crippen LogP contribution in [0.2, 0.25) is 0 Å². The Morgan fingerprint density at radius 1 is 1.17 bits per heavy atom. The van der Waals surface area contributed by atoms with E-state index in [1.165, 1.54) is 0 Å². The number of alkyl halides is 1. The van der Waals surface area contributed by atoms with Crippen LogP contribution in [0, 0.1) is 0 Å². The quantitative estimate of drug-likeness (QED) is 0.671. The first-order valence-corrected chi connectivity index (χ1v) is 6.44. The monoisotopic (exact) mass is 260 g/mol. The summed E-state index contributed by atoms with van der Waals surface area (Å²) >= 11 is 5.96. The Morgan fingerprint density at radius 2 is 2.06 bits per heavy atom. The minimum Gasteiger partial charge on any atom is -0.469 e. The van der Waals surface area contributed by atoms with Gasteiger partial charge in [0.25, 0.3) is 0 Å². The van der Waals surface area contributed by atoms with Crippen LogP contribution in [0.4, 0.5) is 0 Å². The molecular formula is C14H13ClN2O. The molecule has 0 atom stereocenters. The number of halogens is 1. The number of aryl methyl sites for hydroxylation is 2. The van der Waals surface area contributed by atoms with Crippen molar-refractivity contribution in [2.75, 3.05) is 0 Å². The van der Waals surface area contributed by atoms with Gasteiger partial charge in [0, 0.05) is 13.0 Å². The summed E-state index contributed by atoms with van der Waals surface area (Å²) in [5.74, 6) is 2.31. The predicted octanol–water partition coefficient (Wildman–Crippen LogP) is 3.61. The Morgan fingerprint density at radius 3 is 2.83 bits per heavy atom. The van der Waals surface area contributed by atoms with Gasteiger partial charge in [-0.25, -0.2) is 4.98 Å². The summed E-state index contributed by atoms with van der Waals surface area (Å²) in [5.41, 5.74) is 2.12. The van der Waals surface area contributed by atoms with Gasteiger partial charge >= 0.3 is 0 Å². The normalized spacial score (nSPS) is 11.2. The van der Waals surface area contributed by atoms with E-state index >= 15 is 0 Å². The highest BCUT2D eigenvalue weighted by Gasteiger charge is 2.09. The van der Waals surface area contributed by atoms with E-state index in [-0.39, 0.29) is 0 Å². The minimum absolute atomic E-state index is 0.423. The van der Waals surface area contributed by atoms with Crippen LogP contribution in [0.5, 0.6) is 0 Å². The number of furan rings is 1. The Hall–Kier alpha value is -1.74. The molecule has 1 aromatic carbocycles. The van der Waals surface area contributed by atoms with Crippen molar-refractivity contribution in [2.24, 2.45) is 0 Å². The second-order valence-corrected chi connectivity index (χ2v) is 4.40. The second-order valence-electron chi connectivity index (χ2n) is 4.13. The number of imidazole rings is 1. The van der Waals surface area contributed by atoms with Crippen LogP contribution < -0.4 is 0 Å². The number of nitrogens with zero attached hydrogens (tertiary/aromatic N) is 2. The van der Waals surface area contributed by atoms with E-state index in [0.717, 1.165) is 35.6 Å². The van der Waals surface area contributed by atoms with E-state index in [1.807, 2.05) is 30.3 Å². The molecule has 3 rings (SSSR count). The SMILES string of the molecule is ClCc1nc2ccccc2n1CCc1ccco1. The third kappa shape index (κ3) is 2.02. The molecular weight excluding hydrogens is 248 g/mol. The maximum atomic E-state index is 5.96. The zero-order valence-electron chi connectivity index (χ0n) is 9.84. The van der Waals surface area contributed by atoms with Gasteiger partial charge in [-0.1, -0.05) is 12.1 Å². The number of rotatable bonds is 4. The van der Waals surface area contributed by atoms with E-state index in [0.29, 0.717) is 5.88 Å². The van der Waals surface area contributed by atoms with Crippen molar-refractivity contribution in [3.63, 3.8) is 0 Å². The smallest absolute Gasteiger partial charge is 0.124 e. The summed E-state index contributed by atoms with van der Waals surface area (Å²) in [6.07, 6.45) is 2.54. The molecule has 3 nitrogen and oxygen atoms in total. The molecule has 0 spiro atoms. The van der Waals surface area contributed by atoms with Gasteiger partial charge in [0.05, 0.1) is 23.2 Å². The average Bonchev–Trinajstić information content (AvgIpc) is 3.03. The summed E-state index contributed by atoms with van der Waals surface area (Å²) in [5, 5.41) is 0. The molecule has 2 heterocycles. The summed E-state index contributed by atoms with van der Waals surface area (Å²) in [6.45, 7) is 0.829. The van der Waals surface area contributed by atoms with Crippen molar-refractivity contribution in [1.82, 2.24) is 9.55 Å². The summed E-state index contributed by atoms with van der Waals surface area (Å²) in [6, 6.07) is 12.0. The molecule has 18 heavy (non-hydrogen) atoms. The molecule has 0 amide bonds. The lowest BCUT2D eigenvalue weighted by atomic mass is 10.3. The fourth-order valence-corrected chi connectivity index (χ4v) is 2.36. The predicted molar refractivity (Wildman–Crippen MR) is 71.7 cm³/mol. The first kappa shape index (κ1) is 11.4. The van der Waals surface area contributed by atoms with Crippen molar-refractivity contribution in [1.29, 1.82) is 0 Å². The van der Waals surface area contributed by atoms with Gasteiger partial charge in [0.15, 0.2) is 0 Å². The molecule has 0 aliphatic heterocycles. The molecule has 2 aromatic heterocycles. The van der Waals surface area contributed by atoms with Gasteiger partial charge < -0.3 is 8.98 Å². The first-order chi connectivity index (χ1) is 8.88. The van der Waals surface area contributed by atoms with E-state index in [9.17, 15) is 0 Å². The molecule has 0 saturated carbocycles. The van der Waals surface area contributed by atoms with E-state index in [2.05, 4.69) is 15.6 Å². The minimum atomic E-state index is 0.423. The Balaban J connectivity index is 1.94. The lowest BCUT2D eigenvalue weighted by Crippen LogP contribution is -2.04. The molecule has 0 saturated heterocycles. The fraction of sp³-hybridized carbons (Fsp3) is 0.214. The van der Waals surface area contributed by atoms with Gasteiger partial charge in [-0.15, -0.1) is 11.6 Å². The lowest BCUT2D eigenvalue weighted by molar-refractivity contribution is 0.491.